The Morgan fingerprint density at radius 1 is 1.08 bits per heavy atom. The van der Waals surface area contributed by atoms with Crippen molar-refractivity contribution in [2.24, 2.45) is 5.92 Å². The highest BCUT2D eigenvalue weighted by molar-refractivity contribution is 4.84. The second-order valence-electron chi connectivity index (χ2n) is 3.53. The molecule has 0 aromatic rings. The Morgan fingerprint density at radius 2 is 1.77 bits per heavy atom. The Balaban J connectivity index is 3.28. The summed E-state index contributed by atoms with van der Waals surface area (Å²) in [6.45, 7) is 8.91. The summed E-state index contributed by atoms with van der Waals surface area (Å²) in [6.07, 6.45) is 9.71. The molecular formula is C12H25N. The van der Waals surface area contributed by atoms with E-state index in [2.05, 4.69) is 38.2 Å². The summed E-state index contributed by atoms with van der Waals surface area (Å²) in [5.41, 5.74) is 0. The van der Waals surface area contributed by atoms with E-state index in [0.717, 1.165) is 19.0 Å². The van der Waals surface area contributed by atoms with E-state index in [-0.39, 0.29) is 0 Å². The molecule has 0 atom stereocenters. The van der Waals surface area contributed by atoms with Crippen molar-refractivity contribution in [1.82, 2.24) is 5.32 Å². The van der Waals surface area contributed by atoms with E-state index in [1.807, 2.05) is 0 Å². The molecule has 0 aliphatic rings. The molecule has 13 heavy (non-hydrogen) atoms. The van der Waals surface area contributed by atoms with E-state index in [1.165, 1.54) is 25.7 Å². The highest BCUT2D eigenvalue weighted by atomic mass is 14.8. The van der Waals surface area contributed by atoms with Crippen molar-refractivity contribution in [3.8, 4) is 0 Å². The van der Waals surface area contributed by atoms with Crippen LogP contribution in [0.25, 0.3) is 0 Å². The fourth-order valence-corrected chi connectivity index (χ4v) is 1.39. The lowest BCUT2D eigenvalue weighted by molar-refractivity contribution is 0.499. The van der Waals surface area contributed by atoms with Gasteiger partial charge in [-0.05, 0) is 31.8 Å². The molecule has 0 fully saturated rings. The topological polar surface area (TPSA) is 12.0 Å². The summed E-state index contributed by atoms with van der Waals surface area (Å²) >= 11 is 0. The van der Waals surface area contributed by atoms with Gasteiger partial charge in [0.15, 0.2) is 0 Å². The van der Waals surface area contributed by atoms with Crippen molar-refractivity contribution in [2.45, 2.75) is 46.5 Å². The molecule has 0 aliphatic heterocycles. The summed E-state index contributed by atoms with van der Waals surface area (Å²) in [6, 6.07) is 0. The zero-order chi connectivity index (χ0) is 9.94. The molecule has 1 heteroatoms. The Hall–Kier alpha value is -0.300. The van der Waals surface area contributed by atoms with Crippen molar-refractivity contribution in [2.75, 3.05) is 13.1 Å². The molecule has 0 aliphatic carbocycles. The zero-order valence-corrected chi connectivity index (χ0v) is 9.47. The summed E-state index contributed by atoms with van der Waals surface area (Å²) in [5, 5.41) is 3.31. The standard InChI is InChI=1S/C12H25N/c1-4-12(5-2)10-8-7-9-11-13-6-3/h7-8,12-13H,4-6,9-11H2,1-3H3/b8-7+. The largest absolute Gasteiger partial charge is 0.317 e. The molecule has 0 aromatic heterocycles. The molecule has 0 radical (unpaired) electrons. The zero-order valence-electron chi connectivity index (χ0n) is 9.47. The molecule has 1 nitrogen and oxygen atoms in total. The Kier molecular flexibility index (Phi) is 9.56. The van der Waals surface area contributed by atoms with Gasteiger partial charge in [-0.2, -0.15) is 0 Å². The van der Waals surface area contributed by atoms with Crippen LogP contribution in [0.15, 0.2) is 12.2 Å². The third-order valence-electron chi connectivity index (χ3n) is 2.53. The monoisotopic (exact) mass is 183 g/mol. The van der Waals surface area contributed by atoms with Gasteiger partial charge in [0.25, 0.3) is 0 Å². The van der Waals surface area contributed by atoms with Gasteiger partial charge in [-0.25, -0.2) is 0 Å². The highest BCUT2D eigenvalue weighted by Crippen LogP contribution is 2.12. The maximum absolute atomic E-state index is 3.31. The Labute approximate surface area is 83.6 Å². The van der Waals surface area contributed by atoms with Crippen LogP contribution in [-0.2, 0) is 0 Å². The summed E-state index contributed by atoms with van der Waals surface area (Å²) < 4.78 is 0. The van der Waals surface area contributed by atoms with Crippen molar-refractivity contribution in [3.05, 3.63) is 12.2 Å². The van der Waals surface area contributed by atoms with Gasteiger partial charge in [-0.1, -0.05) is 45.8 Å². The second-order valence-corrected chi connectivity index (χ2v) is 3.53. The van der Waals surface area contributed by atoms with E-state index < -0.39 is 0 Å². The molecule has 0 rings (SSSR count). The van der Waals surface area contributed by atoms with E-state index in [1.54, 1.807) is 0 Å². The predicted molar refractivity (Wildman–Crippen MR) is 61.0 cm³/mol. The molecule has 1 N–H and O–H groups in total. The first-order valence-corrected chi connectivity index (χ1v) is 5.70. The maximum atomic E-state index is 3.31. The van der Waals surface area contributed by atoms with Crippen LogP contribution in [0.1, 0.15) is 46.5 Å². The first-order chi connectivity index (χ1) is 6.35. The van der Waals surface area contributed by atoms with Crippen LogP contribution in [0.3, 0.4) is 0 Å². The van der Waals surface area contributed by atoms with Crippen LogP contribution in [-0.4, -0.2) is 13.1 Å². The lowest BCUT2D eigenvalue weighted by Crippen LogP contribution is -2.12. The van der Waals surface area contributed by atoms with Gasteiger partial charge in [0.1, 0.15) is 0 Å². The Morgan fingerprint density at radius 3 is 2.31 bits per heavy atom. The molecule has 0 saturated carbocycles. The van der Waals surface area contributed by atoms with Gasteiger partial charge in [-0.15, -0.1) is 0 Å². The fourth-order valence-electron chi connectivity index (χ4n) is 1.39. The van der Waals surface area contributed by atoms with Gasteiger partial charge < -0.3 is 5.32 Å². The first-order valence-electron chi connectivity index (χ1n) is 5.70. The third kappa shape index (κ3) is 8.04. The van der Waals surface area contributed by atoms with Gasteiger partial charge in [0.2, 0.25) is 0 Å². The molecule has 0 heterocycles. The minimum absolute atomic E-state index is 0.899. The second kappa shape index (κ2) is 9.79. The summed E-state index contributed by atoms with van der Waals surface area (Å²) in [7, 11) is 0. The van der Waals surface area contributed by atoms with Gasteiger partial charge in [-0.3, -0.25) is 0 Å². The number of hydrogen-bond donors (Lipinski definition) is 1. The smallest absolute Gasteiger partial charge is 0.00144 e. The molecule has 0 saturated heterocycles. The summed E-state index contributed by atoms with van der Waals surface area (Å²) in [5.74, 6) is 0.899. The molecule has 0 amide bonds. The normalized spacial score (nSPS) is 11.7. The van der Waals surface area contributed by atoms with Crippen molar-refractivity contribution in [1.29, 1.82) is 0 Å². The molecule has 0 bridgehead atoms. The molecular weight excluding hydrogens is 158 g/mol. The van der Waals surface area contributed by atoms with E-state index in [9.17, 15) is 0 Å². The number of allylic oxidation sites excluding steroid dienone is 1. The van der Waals surface area contributed by atoms with Crippen LogP contribution in [0.2, 0.25) is 0 Å². The number of nitrogens with one attached hydrogen (secondary N) is 1. The first kappa shape index (κ1) is 12.7. The minimum Gasteiger partial charge on any atom is -0.317 e. The van der Waals surface area contributed by atoms with Gasteiger partial charge in [0, 0.05) is 0 Å². The maximum Gasteiger partial charge on any atom is -0.00144 e. The summed E-state index contributed by atoms with van der Waals surface area (Å²) in [4.78, 5) is 0. The van der Waals surface area contributed by atoms with Gasteiger partial charge >= 0.3 is 0 Å². The van der Waals surface area contributed by atoms with Crippen molar-refractivity contribution in [3.63, 3.8) is 0 Å². The lowest BCUT2D eigenvalue weighted by atomic mass is 9.99. The average molecular weight is 183 g/mol. The van der Waals surface area contributed by atoms with Crippen LogP contribution in [0.4, 0.5) is 0 Å². The third-order valence-corrected chi connectivity index (χ3v) is 2.53. The fraction of sp³-hybridized carbons (Fsp3) is 0.833. The van der Waals surface area contributed by atoms with Crippen molar-refractivity contribution < 1.29 is 0 Å². The molecule has 78 valence electrons. The molecule has 0 aromatic carbocycles. The minimum atomic E-state index is 0.899. The number of hydrogen-bond acceptors (Lipinski definition) is 1. The SMILES string of the molecule is CCNCC/C=C/CC(CC)CC. The Bertz CT molecular complexity index is 114. The van der Waals surface area contributed by atoms with Crippen LogP contribution in [0.5, 0.6) is 0 Å². The van der Waals surface area contributed by atoms with Crippen molar-refractivity contribution >= 4 is 0 Å². The van der Waals surface area contributed by atoms with Crippen LogP contribution >= 0.6 is 0 Å². The van der Waals surface area contributed by atoms with Crippen LogP contribution in [0, 0.1) is 5.92 Å². The van der Waals surface area contributed by atoms with Gasteiger partial charge in [0.05, 0.1) is 0 Å². The van der Waals surface area contributed by atoms with E-state index in [0.29, 0.717) is 0 Å². The van der Waals surface area contributed by atoms with Crippen LogP contribution < -0.4 is 5.32 Å². The van der Waals surface area contributed by atoms with E-state index in [4.69, 9.17) is 0 Å². The predicted octanol–water partition coefficient (Wildman–Crippen LogP) is 3.37. The quantitative estimate of drug-likeness (QED) is 0.449. The highest BCUT2D eigenvalue weighted by Gasteiger charge is 1.98. The van der Waals surface area contributed by atoms with E-state index >= 15 is 0 Å². The number of rotatable bonds is 8. The average Bonchev–Trinajstić information content (AvgIpc) is 2.17. The molecule has 0 unspecified atom stereocenters. The lowest BCUT2D eigenvalue weighted by Gasteiger charge is -2.07. The molecule has 0 spiro atoms.